The van der Waals surface area contributed by atoms with Crippen LogP contribution in [0.1, 0.15) is 5.69 Å². The van der Waals surface area contributed by atoms with Crippen LogP contribution in [0, 0.1) is 5.82 Å². The molecule has 0 atom stereocenters. The molecule has 5 nitrogen and oxygen atoms in total. The first kappa shape index (κ1) is 16.6. The second-order valence-corrected chi connectivity index (χ2v) is 5.26. The van der Waals surface area contributed by atoms with Crippen LogP contribution < -0.4 is 10.1 Å². The summed E-state index contributed by atoms with van der Waals surface area (Å²) in [5.74, 6) is -0.812. The molecule has 0 saturated carbocycles. The minimum absolute atomic E-state index is 0.0473. The first-order valence-corrected chi connectivity index (χ1v) is 7.73. The second kappa shape index (κ2) is 8.01. The van der Waals surface area contributed by atoms with Crippen molar-refractivity contribution in [2.75, 3.05) is 6.61 Å². The molecule has 3 aromatic rings. The summed E-state index contributed by atoms with van der Waals surface area (Å²) < 4.78 is 18.6. The Balaban J connectivity index is 1.55. The third kappa shape index (κ3) is 4.60. The number of halogens is 1. The third-order valence-electron chi connectivity index (χ3n) is 3.46. The number of para-hydroxylation sites is 1. The SMILES string of the molecule is O=C(COc1ccccc1F)NCc1cc(-c2ccccc2)ncn1. The monoisotopic (exact) mass is 337 g/mol. The van der Waals surface area contributed by atoms with E-state index in [9.17, 15) is 9.18 Å². The van der Waals surface area contributed by atoms with E-state index in [1.54, 1.807) is 12.1 Å². The highest BCUT2D eigenvalue weighted by Gasteiger charge is 2.07. The molecule has 6 heteroatoms. The van der Waals surface area contributed by atoms with Gasteiger partial charge in [0.05, 0.1) is 17.9 Å². The molecular weight excluding hydrogens is 321 g/mol. The van der Waals surface area contributed by atoms with E-state index in [4.69, 9.17) is 4.74 Å². The van der Waals surface area contributed by atoms with E-state index < -0.39 is 5.82 Å². The number of ether oxygens (including phenoxy) is 1. The lowest BCUT2D eigenvalue weighted by Gasteiger charge is -2.08. The maximum Gasteiger partial charge on any atom is 0.258 e. The average molecular weight is 337 g/mol. The molecule has 0 bridgehead atoms. The van der Waals surface area contributed by atoms with E-state index in [0.29, 0.717) is 5.69 Å². The molecule has 126 valence electrons. The van der Waals surface area contributed by atoms with Crippen LogP contribution in [0.5, 0.6) is 5.75 Å². The number of amides is 1. The van der Waals surface area contributed by atoms with Crippen molar-refractivity contribution in [3.8, 4) is 17.0 Å². The summed E-state index contributed by atoms with van der Waals surface area (Å²) in [6, 6.07) is 17.5. The maximum absolute atomic E-state index is 13.4. The minimum atomic E-state index is -0.501. The number of hydrogen-bond donors (Lipinski definition) is 1. The fourth-order valence-corrected chi connectivity index (χ4v) is 2.21. The lowest BCUT2D eigenvalue weighted by Crippen LogP contribution is -2.28. The highest BCUT2D eigenvalue weighted by Crippen LogP contribution is 2.16. The standard InChI is InChI=1S/C19H16FN3O2/c20-16-8-4-5-9-18(16)25-12-19(24)21-11-15-10-17(23-13-22-15)14-6-2-1-3-7-14/h1-10,13H,11-12H2,(H,21,24). The molecular formula is C19H16FN3O2. The minimum Gasteiger partial charge on any atom is -0.481 e. The maximum atomic E-state index is 13.4. The fraction of sp³-hybridized carbons (Fsp3) is 0.105. The first-order valence-electron chi connectivity index (χ1n) is 7.73. The van der Waals surface area contributed by atoms with Crippen molar-refractivity contribution in [1.29, 1.82) is 0 Å². The zero-order chi connectivity index (χ0) is 17.5. The topological polar surface area (TPSA) is 64.1 Å². The van der Waals surface area contributed by atoms with Crippen LogP contribution in [0.2, 0.25) is 0 Å². The summed E-state index contributed by atoms with van der Waals surface area (Å²) in [4.78, 5) is 20.2. The quantitative estimate of drug-likeness (QED) is 0.751. The fourth-order valence-electron chi connectivity index (χ4n) is 2.21. The van der Waals surface area contributed by atoms with Gasteiger partial charge in [0.2, 0.25) is 0 Å². The zero-order valence-electron chi connectivity index (χ0n) is 13.4. The smallest absolute Gasteiger partial charge is 0.258 e. The molecule has 0 unspecified atom stereocenters. The van der Waals surface area contributed by atoms with Gasteiger partial charge in [0, 0.05) is 5.56 Å². The molecule has 0 fully saturated rings. The number of benzene rings is 2. The lowest BCUT2D eigenvalue weighted by molar-refractivity contribution is -0.123. The van der Waals surface area contributed by atoms with Crippen molar-refractivity contribution in [2.45, 2.75) is 6.54 Å². The highest BCUT2D eigenvalue weighted by atomic mass is 19.1. The van der Waals surface area contributed by atoms with E-state index in [-0.39, 0.29) is 24.8 Å². The summed E-state index contributed by atoms with van der Waals surface area (Å²) >= 11 is 0. The van der Waals surface area contributed by atoms with Crippen LogP contribution in [-0.2, 0) is 11.3 Å². The van der Waals surface area contributed by atoms with Crippen molar-refractivity contribution < 1.29 is 13.9 Å². The predicted molar refractivity (Wildman–Crippen MR) is 91.2 cm³/mol. The zero-order valence-corrected chi connectivity index (χ0v) is 13.4. The molecule has 1 aromatic heterocycles. The van der Waals surface area contributed by atoms with Crippen molar-refractivity contribution in [1.82, 2.24) is 15.3 Å². The molecule has 0 aliphatic heterocycles. The van der Waals surface area contributed by atoms with Gasteiger partial charge in [-0.25, -0.2) is 14.4 Å². The van der Waals surface area contributed by atoms with Gasteiger partial charge in [0.15, 0.2) is 18.2 Å². The van der Waals surface area contributed by atoms with Crippen LogP contribution in [0.4, 0.5) is 4.39 Å². The lowest BCUT2D eigenvalue weighted by atomic mass is 10.1. The highest BCUT2D eigenvalue weighted by molar-refractivity contribution is 5.77. The van der Waals surface area contributed by atoms with Gasteiger partial charge in [0.25, 0.3) is 5.91 Å². The van der Waals surface area contributed by atoms with Crippen LogP contribution in [0.15, 0.2) is 67.0 Å². The molecule has 0 radical (unpaired) electrons. The Bertz CT molecular complexity index is 856. The Kier molecular flexibility index (Phi) is 5.31. The Morgan fingerprint density at radius 1 is 1.04 bits per heavy atom. The molecule has 1 amide bonds. The Hall–Kier alpha value is -3.28. The van der Waals surface area contributed by atoms with Gasteiger partial charge >= 0.3 is 0 Å². The molecule has 3 rings (SSSR count). The van der Waals surface area contributed by atoms with Crippen molar-refractivity contribution in [3.05, 3.63) is 78.5 Å². The van der Waals surface area contributed by atoms with E-state index in [1.807, 2.05) is 36.4 Å². The van der Waals surface area contributed by atoms with Crippen LogP contribution >= 0.6 is 0 Å². The number of carbonyl (C=O) groups excluding carboxylic acids is 1. The van der Waals surface area contributed by atoms with Crippen molar-refractivity contribution in [3.63, 3.8) is 0 Å². The van der Waals surface area contributed by atoms with Crippen LogP contribution in [0.25, 0.3) is 11.3 Å². The van der Waals surface area contributed by atoms with Crippen molar-refractivity contribution in [2.24, 2.45) is 0 Å². The molecule has 0 spiro atoms. The summed E-state index contributed by atoms with van der Waals surface area (Å²) in [5, 5.41) is 2.69. The summed E-state index contributed by atoms with van der Waals surface area (Å²) in [5.41, 5.74) is 2.43. The second-order valence-electron chi connectivity index (χ2n) is 5.26. The number of carbonyl (C=O) groups is 1. The number of aromatic nitrogens is 2. The molecule has 0 aliphatic rings. The van der Waals surface area contributed by atoms with Gasteiger partial charge in [-0.2, -0.15) is 0 Å². The van der Waals surface area contributed by atoms with E-state index in [2.05, 4.69) is 15.3 Å². The number of rotatable bonds is 6. The van der Waals surface area contributed by atoms with Gasteiger partial charge in [-0.1, -0.05) is 42.5 Å². The molecule has 2 aromatic carbocycles. The van der Waals surface area contributed by atoms with Gasteiger partial charge in [-0.15, -0.1) is 0 Å². The first-order chi connectivity index (χ1) is 12.2. The largest absolute Gasteiger partial charge is 0.481 e. The molecule has 1 heterocycles. The van der Waals surface area contributed by atoms with E-state index in [0.717, 1.165) is 11.3 Å². The Morgan fingerprint density at radius 2 is 1.80 bits per heavy atom. The van der Waals surface area contributed by atoms with Crippen LogP contribution in [-0.4, -0.2) is 22.5 Å². The van der Waals surface area contributed by atoms with Gasteiger partial charge in [-0.05, 0) is 18.2 Å². The number of nitrogens with zero attached hydrogens (tertiary/aromatic N) is 2. The van der Waals surface area contributed by atoms with E-state index in [1.165, 1.54) is 18.5 Å². The summed E-state index contributed by atoms with van der Waals surface area (Å²) in [6.45, 7) is -0.0284. The normalized spacial score (nSPS) is 10.3. The van der Waals surface area contributed by atoms with Crippen molar-refractivity contribution >= 4 is 5.91 Å². The van der Waals surface area contributed by atoms with Gasteiger partial charge in [0.1, 0.15) is 6.33 Å². The molecule has 25 heavy (non-hydrogen) atoms. The van der Waals surface area contributed by atoms with Crippen LogP contribution in [0.3, 0.4) is 0 Å². The summed E-state index contributed by atoms with van der Waals surface area (Å²) in [6.07, 6.45) is 1.46. The third-order valence-corrected chi connectivity index (χ3v) is 3.46. The van der Waals surface area contributed by atoms with Gasteiger partial charge in [-0.3, -0.25) is 4.79 Å². The summed E-state index contributed by atoms with van der Waals surface area (Å²) in [7, 11) is 0. The Morgan fingerprint density at radius 3 is 2.60 bits per heavy atom. The molecule has 0 saturated heterocycles. The number of hydrogen-bond acceptors (Lipinski definition) is 4. The molecule has 1 N–H and O–H groups in total. The molecule has 0 aliphatic carbocycles. The predicted octanol–water partition coefficient (Wildman–Crippen LogP) is 2.98. The number of nitrogens with one attached hydrogen (secondary N) is 1. The average Bonchev–Trinajstić information content (AvgIpc) is 2.67. The van der Waals surface area contributed by atoms with E-state index >= 15 is 0 Å². The Labute approximate surface area is 144 Å². The van der Waals surface area contributed by atoms with Gasteiger partial charge < -0.3 is 10.1 Å².